The fraction of sp³-hybridized carbons (Fsp3) is 0.684. The number of carbonyl (C=O) groups excluding carboxylic acids is 1. The van der Waals surface area contributed by atoms with Crippen LogP contribution in [0.1, 0.15) is 49.6 Å². The molecule has 2 aromatic rings. The van der Waals surface area contributed by atoms with Crippen molar-refractivity contribution in [3.05, 3.63) is 17.0 Å². The van der Waals surface area contributed by atoms with E-state index >= 15 is 0 Å². The lowest BCUT2D eigenvalue weighted by Gasteiger charge is -2.26. The molecule has 148 valence electrons. The molecule has 27 heavy (non-hydrogen) atoms. The second kappa shape index (κ2) is 9.01. The molecule has 0 saturated carbocycles. The summed E-state index contributed by atoms with van der Waals surface area (Å²) < 4.78 is 1.78. The van der Waals surface area contributed by atoms with E-state index in [9.17, 15) is 4.79 Å². The number of likely N-dealkylation sites (tertiary alicyclic amines) is 1. The molecule has 0 spiro atoms. The summed E-state index contributed by atoms with van der Waals surface area (Å²) in [4.78, 5) is 23.9. The predicted octanol–water partition coefficient (Wildman–Crippen LogP) is 2.39. The van der Waals surface area contributed by atoms with E-state index in [1.165, 1.54) is 24.6 Å². The first kappa shape index (κ1) is 20.1. The number of carbonyl (C=O) groups is 1. The molecule has 3 heterocycles. The van der Waals surface area contributed by atoms with E-state index in [1.807, 2.05) is 20.1 Å². The maximum Gasteiger partial charge on any atom is 0.253 e. The van der Waals surface area contributed by atoms with Crippen LogP contribution in [-0.4, -0.2) is 62.3 Å². The second-order valence-electron chi connectivity index (χ2n) is 7.18. The number of amides is 1. The Kier molecular flexibility index (Phi) is 6.70. The normalized spacial score (nSPS) is 16.1. The summed E-state index contributed by atoms with van der Waals surface area (Å²) in [5.41, 5.74) is 3.03. The van der Waals surface area contributed by atoms with Crippen LogP contribution in [0.5, 0.6) is 0 Å². The van der Waals surface area contributed by atoms with Crippen LogP contribution in [0.3, 0.4) is 0 Å². The summed E-state index contributed by atoms with van der Waals surface area (Å²) >= 11 is 1.50. The number of nitrogens with one attached hydrogen (secondary N) is 1. The number of nitrogens with zero attached hydrogens (tertiary/aromatic N) is 5. The van der Waals surface area contributed by atoms with Gasteiger partial charge in [-0.1, -0.05) is 18.7 Å². The molecule has 1 fully saturated rings. The van der Waals surface area contributed by atoms with E-state index < -0.39 is 0 Å². The third-order valence-corrected chi connectivity index (χ3v) is 6.02. The van der Waals surface area contributed by atoms with Gasteiger partial charge in [0, 0.05) is 30.4 Å². The van der Waals surface area contributed by atoms with E-state index in [0.29, 0.717) is 29.8 Å². The lowest BCUT2D eigenvalue weighted by molar-refractivity contribution is -0.121. The van der Waals surface area contributed by atoms with Gasteiger partial charge < -0.3 is 5.32 Å². The molecule has 7 nitrogen and oxygen atoms in total. The highest BCUT2D eigenvalue weighted by molar-refractivity contribution is 7.98. The molecule has 1 aliphatic rings. The van der Waals surface area contributed by atoms with Gasteiger partial charge in [0.25, 0.3) is 5.78 Å². The van der Waals surface area contributed by atoms with Crippen LogP contribution in [-0.2, 0) is 11.2 Å². The van der Waals surface area contributed by atoms with Crippen molar-refractivity contribution in [1.29, 1.82) is 0 Å². The van der Waals surface area contributed by atoms with Gasteiger partial charge in [0.1, 0.15) is 0 Å². The Balaban J connectivity index is 1.59. The number of aromatic nitrogens is 4. The fourth-order valence-electron chi connectivity index (χ4n) is 3.84. The van der Waals surface area contributed by atoms with Crippen molar-refractivity contribution in [2.75, 3.05) is 25.9 Å². The van der Waals surface area contributed by atoms with Crippen molar-refractivity contribution >= 4 is 23.4 Å². The Bertz CT molecular complexity index is 799. The number of rotatable bonds is 8. The molecular formula is C19H30N6OS. The largest absolute Gasteiger partial charge is 0.355 e. The first-order valence-electron chi connectivity index (χ1n) is 9.81. The predicted molar refractivity (Wildman–Crippen MR) is 108 cm³/mol. The molecule has 1 N–H and O–H groups in total. The summed E-state index contributed by atoms with van der Waals surface area (Å²) in [6, 6.07) is 0.457. The van der Waals surface area contributed by atoms with Gasteiger partial charge in [-0.3, -0.25) is 9.69 Å². The smallest absolute Gasteiger partial charge is 0.253 e. The molecule has 1 amide bonds. The van der Waals surface area contributed by atoms with Crippen LogP contribution in [0.15, 0.2) is 5.16 Å². The monoisotopic (exact) mass is 390 g/mol. The van der Waals surface area contributed by atoms with E-state index in [1.54, 1.807) is 4.52 Å². The molecule has 0 aliphatic carbocycles. The Morgan fingerprint density at radius 1 is 1.26 bits per heavy atom. The summed E-state index contributed by atoms with van der Waals surface area (Å²) in [6.07, 6.45) is 6.71. The Morgan fingerprint density at radius 2 is 2.00 bits per heavy atom. The first-order chi connectivity index (χ1) is 13.0. The van der Waals surface area contributed by atoms with Gasteiger partial charge in [0.15, 0.2) is 0 Å². The molecule has 0 radical (unpaired) electrons. The quantitative estimate of drug-likeness (QED) is 0.698. The Hall–Kier alpha value is -1.67. The minimum absolute atomic E-state index is 0.106. The van der Waals surface area contributed by atoms with E-state index in [2.05, 4.69) is 32.2 Å². The minimum atomic E-state index is 0.106. The SMILES string of the molecule is CCC(CNC(=O)CCc1c(C)nc2nc(SC)nn2c1C)N1CCCC1. The fourth-order valence-corrected chi connectivity index (χ4v) is 4.17. The van der Waals surface area contributed by atoms with Crippen LogP contribution in [0.25, 0.3) is 5.78 Å². The number of aryl methyl sites for hydroxylation is 2. The van der Waals surface area contributed by atoms with Crippen LogP contribution in [0.2, 0.25) is 0 Å². The summed E-state index contributed by atoms with van der Waals surface area (Å²) in [6.45, 7) is 9.26. The highest BCUT2D eigenvalue weighted by Gasteiger charge is 2.21. The van der Waals surface area contributed by atoms with Gasteiger partial charge in [-0.05, 0) is 64.4 Å². The lowest BCUT2D eigenvalue weighted by atomic mass is 10.1. The third-order valence-electron chi connectivity index (χ3n) is 5.48. The number of hydrogen-bond acceptors (Lipinski definition) is 6. The van der Waals surface area contributed by atoms with Gasteiger partial charge >= 0.3 is 0 Å². The van der Waals surface area contributed by atoms with Gasteiger partial charge in [0.05, 0.1) is 0 Å². The van der Waals surface area contributed by atoms with Crippen LogP contribution < -0.4 is 5.32 Å². The minimum Gasteiger partial charge on any atom is -0.355 e. The summed E-state index contributed by atoms with van der Waals surface area (Å²) in [7, 11) is 0. The highest BCUT2D eigenvalue weighted by Crippen LogP contribution is 2.18. The van der Waals surface area contributed by atoms with Crippen molar-refractivity contribution in [1.82, 2.24) is 29.8 Å². The highest BCUT2D eigenvalue weighted by atomic mass is 32.2. The molecule has 0 aromatic carbocycles. The maximum absolute atomic E-state index is 12.4. The molecule has 8 heteroatoms. The first-order valence-corrected chi connectivity index (χ1v) is 11.0. The molecule has 0 bridgehead atoms. The molecule has 1 unspecified atom stereocenters. The average molecular weight is 391 g/mol. The second-order valence-corrected chi connectivity index (χ2v) is 7.95. The summed E-state index contributed by atoms with van der Waals surface area (Å²) in [5.74, 6) is 0.730. The standard InChI is InChI=1S/C19H30N6OS/c1-5-15(24-10-6-7-11-24)12-20-17(26)9-8-16-13(2)21-18-22-19(27-4)23-25(18)14(16)3/h15H,5-12H2,1-4H3,(H,20,26). The van der Waals surface area contributed by atoms with Crippen molar-refractivity contribution in [3.8, 4) is 0 Å². The van der Waals surface area contributed by atoms with Gasteiger partial charge in [-0.2, -0.15) is 4.98 Å². The van der Waals surface area contributed by atoms with Gasteiger partial charge in [0.2, 0.25) is 11.1 Å². The van der Waals surface area contributed by atoms with Crippen molar-refractivity contribution in [3.63, 3.8) is 0 Å². The zero-order chi connectivity index (χ0) is 19.4. The Morgan fingerprint density at radius 3 is 2.67 bits per heavy atom. The van der Waals surface area contributed by atoms with Gasteiger partial charge in [-0.25, -0.2) is 9.50 Å². The molecule has 2 aromatic heterocycles. The molecular weight excluding hydrogens is 360 g/mol. The van der Waals surface area contributed by atoms with Crippen molar-refractivity contribution < 1.29 is 4.79 Å². The Labute approximate surface area is 165 Å². The van der Waals surface area contributed by atoms with E-state index in [0.717, 1.165) is 43.0 Å². The average Bonchev–Trinajstić information content (AvgIpc) is 3.32. The maximum atomic E-state index is 12.4. The molecule has 3 rings (SSSR count). The number of fused-ring (bicyclic) bond motifs is 1. The van der Waals surface area contributed by atoms with E-state index in [4.69, 9.17) is 0 Å². The zero-order valence-corrected chi connectivity index (χ0v) is 17.6. The molecule has 1 saturated heterocycles. The van der Waals surface area contributed by atoms with E-state index in [-0.39, 0.29) is 5.91 Å². The van der Waals surface area contributed by atoms with Crippen LogP contribution >= 0.6 is 11.8 Å². The van der Waals surface area contributed by atoms with Crippen LogP contribution in [0, 0.1) is 13.8 Å². The topological polar surface area (TPSA) is 75.4 Å². The zero-order valence-electron chi connectivity index (χ0n) is 16.8. The molecule has 1 atom stereocenters. The third kappa shape index (κ3) is 4.60. The lowest BCUT2D eigenvalue weighted by Crippen LogP contribution is -2.42. The van der Waals surface area contributed by atoms with Gasteiger partial charge in [-0.15, -0.1) is 5.10 Å². The molecule has 1 aliphatic heterocycles. The van der Waals surface area contributed by atoms with Crippen molar-refractivity contribution in [2.45, 2.75) is 64.1 Å². The van der Waals surface area contributed by atoms with Crippen molar-refractivity contribution in [2.24, 2.45) is 0 Å². The number of thioether (sulfide) groups is 1. The van der Waals surface area contributed by atoms with Crippen LogP contribution in [0.4, 0.5) is 0 Å². The summed E-state index contributed by atoms with van der Waals surface area (Å²) in [5, 5.41) is 8.32. The number of hydrogen-bond donors (Lipinski definition) is 1.